The molecule has 3 nitrogen and oxygen atoms in total. The van der Waals surface area contributed by atoms with Crippen LogP contribution in [0.4, 0.5) is 0 Å². The van der Waals surface area contributed by atoms with Crippen molar-refractivity contribution in [1.82, 2.24) is 10.4 Å². The Kier molecular flexibility index (Phi) is 5.34. The van der Waals surface area contributed by atoms with Gasteiger partial charge in [-0.3, -0.25) is 5.43 Å². The van der Waals surface area contributed by atoms with E-state index in [1.165, 1.54) is 0 Å². The lowest BCUT2D eigenvalue weighted by atomic mass is 9.70. The normalized spacial score (nSPS) is 22.5. The second-order valence-corrected chi connectivity index (χ2v) is 6.70. The zero-order chi connectivity index (χ0) is 17.0. The maximum atomic E-state index is 11.9. The smallest absolute Gasteiger partial charge is 0.117 e. The molecule has 2 atom stereocenters. The zero-order valence-corrected chi connectivity index (χ0v) is 14.7. The molecule has 2 aromatic rings. The molecule has 24 heavy (non-hydrogen) atoms. The molecule has 128 valence electrons. The van der Waals surface area contributed by atoms with Gasteiger partial charge in [0.05, 0.1) is 0 Å². The molecule has 1 fully saturated rings. The van der Waals surface area contributed by atoms with E-state index < -0.39 is 5.60 Å². The van der Waals surface area contributed by atoms with E-state index in [0.29, 0.717) is 6.04 Å². The van der Waals surface area contributed by atoms with Crippen LogP contribution in [0.1, 0.15) is 37.3 Å². The SMILES string of the molecule is CCC1CC(C(O)(c2ccccc2)c2ccccc2)CCN1NC. The molecular weight excluding hydrogens is 296 g/mol. The summed E-state index contributed by atoms with van der Waals surface area (Å²) in [5.41, 5.74) is 4.36. The molecule has 2 unspecified atom stereocenters. The lowest BCUT2D eigenvalue weighted by Gasteiger charge is -2.45. The molecule has 1 saturated heterocycles. The van der Waals surface area contributed by atoms with Crippen LogP contribution in [0, 0.1) is 5.92 Å². The van der Waals surface area contributed by atoms with Crippen LogP contribution in [0.25, 0.3) is 0 Å². The Morgan fingerprint density at radius 1 is 1.04 bits per heavy atom. The van der Waals surface area contributed by atoms with Crippen molar-refractivity contribution in [2.24, 2.45) is 5.92 Å². The highest BCUT2D eigenvalue weighted by molar-refractivity contribution is 5.37. The summed E-state index contributed by atoms with van der Waals surface area (Å²) in [6.45, 7) is 3.18. The summed E-state index contributed by atoms with van der Waals surface area (Å²) in [6, 6.07) is 20.8. The lowest BCUT2D eigenvalue weighted by molar-refractivity contribution is -0.0415. The van der Waals surface area contributed by atoms with Gasteiger partial charge in [0.15, 0.2) is 0 Å². The van der Waals surface area contributed by atoms with Gasteiger partial charge in [0.25, 0.3) is 0 Å². The number of benzene rings is 2. The van der Waals surface area contributed by atoms with Crippen molar-refractivity contribution in [2.75, 3.05) is 13.6 Å². The molecule has 0 spiro atoms. The largest absolute Gasteiger partial charge is 0.380 e. The van der Waals surface area contributed by atoms with E-state index in [9.17, 15) is 5.11 Å². The van der Waals surface area contributed by atoms with Crippen molar-refractivity contribution in [3.8, 4) is 0 Å². The predicted octanol–water partition coefficient (Wildman–Crippen LogP) is 3.55. The first-order chi connectivity index (χ1) is 11.7. The van der Waals surface area contributed by atoms with Gasteiger partial charge in [0.1, 0.15) is 5.60 Å². The minimum atomic E-state index is -0.935. The zero-order valence-electron chi connectivity index (χ0n) is 14.7. The fourth-order valence-corrected chi connectivity index (χ4v) is 4.13. The summed E-state index contributed by atoms with van der Waals surface area (Å²) in [7, 11) is 1.99. The third-order valence-corrected chi connectivity index (χ3v) is 5.49. The van der Waals surface area contributed by atoms with Crippen LogP contribution < -0.4 is 5.43 Å². The standard InChI is InChI=1S/C21H28N2O/c1-3-20-16-19(14-15-23(20)22-2)21(24,17-10-6-4-7-11-17)18-12-8-5-9-13-18/h4-13,19-20,22,24H,3,14-16H2,1-2H3. The van der Waals surface area contributed by atoms with E-state index in [1.807, 2.05) is 43.4 Å². The molecule has 3 rings (SSSR count). The summed E-state index contributed by atoms with van der Waals surface area (Å²) >= 11 is 0. The molecule has 1 aliphatic heterocycles. The number of hydrazine groups is 1. The Morgan fingerprint density at radius 3 is 2.04 bits per heavy atom. The van der Waals surface area contributed by atoms with Gasteiger partial charge in [0.2, 0.25) is 0 Å². The number of hydrogen-bond acceptors (Lipinski definition) is 3. The average molecular weight is 324 g/mol. The van der Waals surface area contributed by atoms with Gasteiger partial charge < -0.3 is 5.11 Å². The number of hydrogen-bond donors (Lipinski definition) is 2. The van der Waals surface area contributed by atoms with Crippen LogP contribution in [0.15, 0.2) is 60.7 Å². The second-order valence-electron chi connectivity index (χ2n) is 6.70. The van der Waals surface area contributed by atoms with Crippen LogP contribution in [-0.2, 0) is 5.60 Å². The first-order valence-electron chi connectivity index (χ1n) is 8.97. The van der Waals surface area contributed by atoms with Crippen molar-refractivity contribution >= 4 is 0 Å². The van der Waals surface area contributed by atoms with Gasteiger partial charge in [-0.2, -0.15) is 0 Å². The molecule has 0 radical (unpaired) electrons. The Morgan fingerprint density at radius 2 is 1.58 bits per heavy atom. The molecule has 0 aliphatic carbocycles. The van der Waals surface area contributed by atoms with Gasteiger partial charge in [-0.25, -0.2) is 5.01 Å². The quantitative estimate of drug-likeness (QED) is 0.883. The van der Waals surface area contributed by atoms with Crippen molar-refractivity contribution in [3.05, 3.63) is 71.8 Å². The van der Waals surface area contributed by atoms with Gasteiger partial charge in [-0.05, 0) is 43.4 Å². The van der Waals surface area contributed by atoms with E-state index in [0.717, 1.165) is 36.9 Å². The highest BCUT2D eigenvalue weighted by Crippen LogP contribution is 2.43. The molecule has 0 aromatic heterocycles. The molecule has 0 bridgehead atoms. The van der Waals surface area contributed by atoms with Crippen LogP contribution in [0.5, 0.6) is 0 Å². The monoisotopic (exact) mass is 324 g/mol. The number of nitrogens with one attached hydrogen (secondary N) is 1. The maximum absolute atomic E-state index is 11.9. The van der Waals surface area contributed by atoms with Crippen LogP contribution >= 0.6 is 0 Å². The van der Waals surface area contributed by atoms with Gasteiger partial charge in [-0.15, -0.1) is 0 Å². The van der Waals surface area contributed by atoms with Gasteiger partial charge in [0, 0.05) is 12.6 Å². The third-order valence-electron chi connectivity index (χ3n) is 5.49. The Bertz CT molecular complexity index is 589. The van der Waals surface area contributed by atoms with Crippen LogP contribution in [0.3, 0.4) is 0 Å². The fraction of sp³-hybridized carbons (Fsp3) is 0.429. The molecular formula is C21H28N2O. The summed E-state index contributed by atoms with van der Waals surface area (Å²) < 4.78 is 0. The summed E-state index contributed by atoms with van der Waals surface area (Å²) in [6.07, 6.45) is 3.03. The Hall–Kier alpha value is -1.68. The minimum absolute atomic E-state index is 0.205. The highest BCUT2D eigenvalue weighted by atomic mass is 16.3. The highest BCUT2D eigenvalue weighted by Gasteiger charge is 2.43. The minimum Gasteiger partial charge on any atom is -0.380 e. The summed E-state index contributed by atoms with van der Waals surface area (Å²) in [4.78, 5) is 0. The number of rotatable bonds is 5. The van der Waals surface area contributed by atoms with Crippen LogP contribution in [0.2, 0.25) is 0 Å². The van der Waals surface area contributed by atoms with Crippen LogP contribution in [-0.4, -0.2) is 29.7 Å². The predicted molar refractivity (Wildman–Crippen MR) is 98.5 cm³/mol. The Labute approximate surface area is 145 Å². The molecule has 2 N–H and O–H groups in total. The van der Waals surface area contributed by atoms with Crippen molar-refractivity contribution < 1.29 is 5.11 Å². The van der Waals surface area contributed by atoms with E-state index in [1.54, 1.807) is 0 Å². The first kappa shape index (κ1) is 17.2. The maximum Gasteiger partial charge on any atom is 0.117 e. The molecule has 0 saturated carbocycles. The number of piperidine rings is 1. The number of aliphatic hydroxyl groups is 1. The summed E-state index contributed by atoms with van der Waals surface area (Å²) in [5, 5.41) is 14.2. The van der Waals surface area contributed by atoms with E-state index in [-0.39, 0.29) is 5.92 Å². The van der Waals surface area contributed by atoms with Crippen molar-refractivity contribution in [3.63, 3.8) is 0 Å². The van der Waals surface area contributed by atoms with Crippen molar-refractivity contribution in [2.45, 2.75) is 37.8 Å². The summed E-state index contributed by atoms with van der Waals surface area (Å²) in [5.74, 6) is 0.205. The Balaban J connectivity index is 2.00. The molecule has 0 amide bonds. The molecule has 3 heteroatoms. The van der Waals surface area contributed by atoms with E-state index in [4.69, 9.17) is 0 Å². The molecule has 1 aliphatic rings. The average Bonchev–Trinajstić information content (AvgIpc) is 2.68. The van der Waals surface area contributed by atoms with Gasteiger partial charge in [-0.1, -0.05) is 67.6 Å². The van der Waals surface area contributed by atoms with E-state index in [2.05, 4.69) is 41.6 Å². The molecule has 2 aromatic carbocycles. The third kappa shape index (κ3) is 3.12. The second kappa shape index (κ2) is 7.47. The topological polar surface area (TPSA) is 35.5 Å². The first-order valence-corrected chi connectivity index (χ1v) is 8.97. The lowest BCUT2D eigenvalue weighted by Crippen LogP contribution is -2.52. The fourth-order valence-electron chi connectivity index (χ4n) is 4.13. The van der Waals surface area contributed by atoms with Gasteiger partial charge >= 0.3 is 0 Å². The van der Waals surface area contributed by atoms with E-state index >= 15 is 0 Å². The molecule has 1 heterocycles. The number of nitrogens with zero attached hydrogens (tertiary/aromatic N) is 1. The van der Waals surface area contributed by atoms with Crippen molar-refractivity contribution in [1.29, 1.82) is 0 Å².